The van der Waals surface area contributed by atoms with Crippen molar-refractivity contribution in [1.82, 2.24) is 15.1 Å². The van der Waals surface area contributed by atoms with E-state index >= 15 is 0 Å². The minimum absolute atomic E-state index is 0.0224. The Morgan fingerprint density at radius 1 is 1.43 bits per heavy atom. The number of carbonyl (C=O) groups is 1. The third-order valence-corrected chi connectivity index (χ3v) is 3.01. The van der Waals surface area contributed by atoms with E-state index in [1.807, 2.05) is 32.0 Å². The van der Waals surface area contributed by atoms with E-state index in [4.69, 9.17) is 10.5 Å². The number of hydrogen-bond acceptors (Lipinski definition) is 4. The number of amides is 1. The quantitative estimate of drug-likeness (QED) is 0.791. The van der Waals surface area contributed by atoms with Crippen LogP contribution >= 0.6 is 0 Å². The molecule has 3 N–H and O–H groups in total. The van der Waals surface area contributed by atoms with Crippen molar-refractivity contribution in [2.45, 2.75) is 20.0 Å². The normalized spacial score (nSPS) is 12.1. The number of nitrogens with zero attached hydrogens (tertiary/aromatic N) is 2. The van der Waals surface area contributed by atoms with E-state index in [-0.39, 0.29) is 12.0 Å². The van der Waals surface area contributed by atoms with Crippen molar-refractivity contribution in [2.24, 2.45) is 0 Å². The molecule has 0 aliphatic rings. The van der Waals surface area contributed by atoms with Crippen molar-refractivity contribution in [3.8, 4) is 5.69 Å². The summed E-state index contributed by atoms with van der Waals surface area (Å²) >= 11 is 0. The number of nitrogens with one attached hydrogen (secondary N) is 1. The average Bonchev–Trinajstić information content (AvgIpc) is 2.95. The lowest BCUT2D eigenvalue weighted by molar-refractivity contribution is 0.0693. The van der Waals surface area contributed by atoms with Gasteiger partial charge in [-0.25, -0.2) is 4.68 Å². The van der Waals surface area contributed by atoms with Crippen molar-refractivity contribution in [1.29, 1.82) is 0 Å². The molecular formula is C15H20N4O2. The number of carbonyl (C=O) groups excluding carboxylic acids is 1. The number of para-hydroxylation sites is 2. The zero-order valence-electron chi connectivity index (χ0n) is 12.2. The predicted octanol–water partition coefficient (Wildman–Crippen LogP) is 1.61. The van der Waals surface area contributed by atoms with Crippen LogP contribution in [0.2, 0.25) is 0 Å². The second-order valence-electron chi connectivity index (χ2n) is 4.68. The molecule has 1 unspecified atom stereocenters. The van der Waals surface area contributed by atoms with Gasteiger partial charge in [-0.2, -0.15) is 5.10 Å². The van der Waals surface area contributed by atoms with Crippen LogP contribution in [0.3, 0.4) is 0 Å². The summed E-state index contributed by atoms with van der Waals surface area (Å²) in [5.74, 6) is -0.227. The summed E-state index contributed by atoms with van der Waals surface area (Å²) in [7, 11) is 0. The number of rotatable bonds is 6. The Bertz CT molecular complexity index is 609. The van der Waals surface area contributed by atoms with E-state index in [0.29, 0.717) is 24.5 Å². The number of nitrogens with two attached hydrogens (primary N) is 1. The number of anilines is 1. The molecule has 1 aromatic carbocycles. The molecule has 6 heteroatoms. The van der Waals surface area contributed by atoms with Gasteiger partial charge in [0.05, 0.1) is 17.5 Å². The summed E-state index contributed by atoms with van der Waals surface area (Å²) < 4.78 is 6.95. The van der Waals surface area contributed by atoms with E-state index in [0.717, 1.165) is 5.69 Å². The molecule has 0 radical (unpaired) electrons. The molecule has 21 heavy (non-hydrogen) atoms. The first-order valence-corrected chi connectivity index (χ1v) is 6.92. The SMILES string of the molecule is CCOC(C)CNC(=O)c1ccn(-c2ccccc2N)n1. The fourth-order valence-electron chi connectivity index (χ4n) is 1.95. The Hall–Kier alpha value is -2.34. The standard InChI is InChI=1S/C15H20N4O2/c1-3-21-11(2)10-17-15(20)13-8-9-19(18-13)14-7-5-4-6-12(14)16/h4-9,11H,3,10,16H2,1-2H3,(H,17,20). The minimum atomic E-state index is -0.227. The third kappa shape index (κ3) is 3.82. The number of aromatic nitrogens is 2. The maximum absolute atomic E-state index is 12.0. The molecule has 1 heterocycles. The van der Waals surface area contributed by atoms with Gasteiger partial charge in [-0.1, -0.05) is 12.1 Å². The minimum Gasteiger partial charge on any atom is -0.397 e. The van der Waals surface area contributed by atoms with Crippen molar-refractivity contribution in [2.75, 3.05) is 18.9 Å². The Labute approximate surface area is 123 Å². The highest BCUT2D eigenvalue weighted by Crippen LogP contribution is 2.15. The van der Waals surface area contributed by atoms with E-state index in [2.05, 4.69) is 10.4 Å². The summed E-state index contributed by atoms with van der Waals surface area (Å²) in [4.78, 5) is 12.0. The maximum Gasteiger partial charge on any atom is 0.271 e. The van der Waals surface area contributed by atoms with Crippen LogP contribution in [-0.4, -0.2) is 34.9 Å². The summed E-state index contributed by atoms with van der Waals surface area (Å²) in [6, 6.07) is 9.02. The second-order valence-corrected chi connectivity index (χ2v) is 4.68. The van der Waals surface area contributed by atoms with Crippen LogP contribution in [0.5, 0.6) is 0 Å². The van der Waals surface area contributed by atoms with Crippen LogP contribution in [0.25, 0.3) is 5.69 Å². The van der Waals surface area contributed by atoms with Crippen LogP contribution in [0.15, 0.2) is 36.5 Å². The summed E-state index contributed by atoms with van der Waals surface area (Å²) in [6.45, 7) is 4.91. The monoisotopic (exact) mass is 288 g/mol. The number of hydrogen-bond donors (Lipinski definition) is 2. The molecule has 1 atom stereocenters. The predicted molar refractivity (Wildman–Crippen MR) is 81.4 cm³/mol. The molecule has 0 aliphatic heterocycles. The molecular weight excluding hydrogens is 268 g/mol. The number of nitrogen functional groups attached to an aromatic ring is 1. The molecule has 112 valence electrons. The van der Waals surface area contributed by atoms with Gasteiger partial charge in [0.25, 0.3) is 5.91 Å². The zero-order valence-corrected chi connectivity index (χ0v) is 12.2. The van der Waals surface area contributed by atoms with Gasteiger partial charge in [-0.15, -0.1) is 0 Å². The molecule has 0 fully saturated rings. The molecule has 6 nitrogen and oxygen atoms in total. The van der Waals surface area contributed by atoms with Gasteiger partial charge in [0.15, 0.2) is 5.69 Å². The maximum atomic E-state index is 12.0. The van der Waals surface area contributed by atoms with Gasteiger partial charge in [-0.05, 0) is 32.0 Å². The Balaban J connectivity index is 2.03. The summed E-state index contributed by atoms with van der Waals surface area (Å²) in [5, 5.41) is 7.04. The fourth-order valence-corrected chi connectivity index (χ4v) is 1.95. The lowest BCUT2D eigenvalue weighted by atomic mass is 10.3. The molecule has 0 spiro atoms. The second kappa shape index (κ2) is 6.90. The Morgan fingerprint density at radius 2 is 2.19 bits per heavy atom. The van der Waals surface area contributed by atoms with Crippen molar-refractivity contribution < 1.29 is 9.53 Å². The van der Waals surface area contributed by atoms with Gasteiger partial charge < -0.3 is 15.8 Å². The molecule has 0 saturated carbocycles. The third-order valence-electron chi connectivity index (χ3n) is 3.01. The van der Waals surface area contributed by atoms with Gasteiger partial charge >= 0.3 is 0 Å². The lowest BCUT2D eigenvalue weighted by Gasteiger charge is -2.11. The molecule has 1 aromatic heterocycles. The first-order valence-electron chi connectivity index (χ1n) is 6.92. The van der Waals surface area contributed by atoms with Gasteiger partial charge in [0.1, 0.15) is 0 Å². The highest BCUT2D eigenvalue weighted by molar-refractivity contribution is 5.92. The van der Waals surface area contributed by atoms with Crippen molar-refractivity contribution >= 4 is 11.6 Å². The largest absolute Gasteiger partial charge is 0.397 e. The van der Waals surface area contributed by atoms with E-state index in [1.54, 1.807) is 23.0 Å². The van der Waals surface area contributed by atoms with E-state index < -0.39 is 0 Å². The topological polar surface area (TPSA) is 82.2 Å². The highest BCUT2D eigenvalue weighted by Gasteiger charge is 2.12. The van der Waals surface area contributed by atoms with Gasteiger partial charge in [-0.3, -0.25) is 4.79 Å². The van der Waals surface area contributed by atoms with Crippen LogP contribution in [-0.2, 0) is 4.74 Å². The van der Waals surface area contributed by atoms with Crippen LogP contribution in [0, 0.1) is 0 Å². The molecule has 0 aliphatic carbocycles. The molecule has 2 aromatic rings. The van der Waals surface area contributed by atoms with E-state index in [1.165, 1.54) is 0 Å². The number of ether oxygens (including phenoxy) is 1. The zero-order chi connectivity index (χ0) is 15.2. The first-order chi connectivity index (χ1) is 10.1. The van der Waals surface area contributed by atoms with Gasteiger partial charge in [0, 0.05) is 19.3 Å². The summed E-state index contributed by atoms with van der Waals surface area (Å²) in [6.07, 6.45) is 1.69. The Kier molecular flexibility index (Phi) is 4.94. The van der Waals surface area contributed by atoms with Crippen LogP contribution < -0.4 is 11.1 Å². The Morgan fingerprint density at radius 3 is 2.90 bits per heavy atom. The highest BCUT2D eigenvalue weighted by atomic mass is 16.5. The smallest absolute Gasteiger partial charge is 0.271 e. The molecule has 2 rings (SSSR count). The van der Waals surface area contributed by atoms with Crippen LogP contribution in [0.4, 0.5) is 5.69 Å². The van der Waals surface area contributed by atoms with Crippen LogP contribution in [0.1, 0.15) is 24.3 Å². The molecule has 1 amide bonds. The average molecular weight is 288 g/mol. The molecule has 0 bridgehead atoms. The molecule has 0 saturated heterocycles. The summed E-state index contributed by atoms with van der Waals surface area (Å²) in [5.41, 5.74) is 7.60. The first kappa shape index (κ1) is 15.1. The lowest BCUT2D eigenvalue weighted by Crippen LogP contribution is -2.32. The van der Waals surface area contributed by atoms with Gasteiger partial charge in [0.2, 0.25) is 0 Å². The number of benzene rings is 1. The fraction of sp³-hybridized carbons (Fsp3) is 0.333. The van der Waals surface area contributed by atoms with Crippen molar-refractivity contribution in [3.63, 3.8) is 0 Å². The van der Waals surface area contributed by atoms with Crippen molar-refractivity contribution in [3.05, 3.63) is 42.2 Å². The van der Waals surface area contributed by atoms with E-state index in [9.17, 15) is 4.79 Å².